The van der Waals surface area contributed by atoms with Crippen LogP contribution in [0.15, 0.2) is 18.6 Å². The first-order valence-corrected chi connectivity index (χ1v) is 4.67. The molecule has 2 heterocycles. The molecule has 2 rings (SSSR count). The number of carbonyl (C=O) groups is 1. The molecule has 0 atom stereocenters. The van der Waals surface area contributed by atoms with Gasteiger partial charge in [0.2, 0.25) is 0 Å². The van der Waals surface area contributed by atoms with Crippen LogP contribution in [0.3, 0.4) is 0 Å². The van der Waals surface area contributed by atoms with Crippen LogP contribution < -0.4 is 5.32 Å². The monoisotopic (exact) mass is 215 g/mol. The van der Waals surface area contributed by atoms with E-state index in [1.807, 2.05) is 13.0 Å². The molecule has 0 fully saturated rings. The third-order valence-electron chi connectivity index (χ3n) is 2.06. The third kappa shape index (κ3) is 1.70. The average molecular weight is 215 g/mol. The lowest BCUT2D eigenvalue weighted by molar-refractivity contribution is 0.0960. The summed E-state index contributed by atoms with van der Waals surface area (Å²) in [7, 11) is 0. The van der Waals surface area contributed by atoms with Gasteiger partial charge in [0.1, 0.15) is 12.1 Å². The summed E-state index contributed by atoms with van der Waals surface area (Å²) in [6.45, 7) is 1.87. The topological polar surface area (TPSA) is 83.1 Å². The Hall–Kier alpha value is -2.42. The van der Waals surface area contributed by atoms with Crippen molar-refractivity contribution in [1.29, 1.82) is 5.26 Å². The Morgan fingerprint density at radius 3 is 3.19 bits per heavy atom. The number of aryl methyl sites for hydroxylation is 1. The molecule has 0 saturated carbocycles. The number of aromatic nitrogens is 3. The van der Waals surface area contributed by atoms with Gasteiger partial charge in [-0.05, 0) is 12.5 Å². The second-order valence-electron chi connectivity index (χ2n) is 3.30. The second-order valence-corrected chi connectivity index (χ2v) is 3.30. The van der Waals surface area contributed by atoms with Crippen LogP contribution in [0.2, 0.25) is 0 Å². The summed E-state index contributed by atoms with van der Waals surface area (Å²) in [5.41, 5.74) is 1.82. The van der Waals surface area contributed by atoms with E-state index in [1.54, 1.807) is 12.4 Å². The molecule has 0 aliphatic heterocycles. The second kappa shape index (κ2) is 3.98. The van der Waals surface area contributed by atoms with Gasteiger partial charge in [-0.15, -0.1) is 0 Å². The minimum absolute atomic E-state index is 0.0258. The van der Waals surface area contributed by atoms with E-state index in [2.05, 4.69) is 15.4 Å². The van der Waals surface area contributed by atoms with Gasteiger partial charge in [0.15, 0.2) is 5.65 Å². The van der Waals surface area contributed by atoms with Crippen LogP contribution in [0.5, 0.6) is 0 Å². The molecule has 0 bridgehead atoms. The van der Waals surface area contributed by atoms with Crippen LogP contribution >= 0.6 is 0 Å². The molecule has 2 aromatic rings. The number of nitrogens with zero attached hydrogens (tertiary/aromatic N) is 4. The summed E-state index contributed by atoms with van der Waals surface area (Å²) >= 11 is 0. The van der Waals surface area contributed by atoms with Gasteiger partial charge in [0.05, 0.1) is 12.3 Å². The van der Waals surface area contributed by atoms with E-state index < -0.39 is 0 Å². The van der Waals surface area contributed by atoms with E-state index >= 15 is 0 Å². The van der Waals surface area contributed by atoms with Crippen molar-refractivity contribution in [3.8, 4) is 6.07 Å². The highest BCUT2D eigenvalue weighted by Gasteiger charge is 2.12. The summed E-state index contributed by atoms with van der Waals surface area (Å²) in [6, 6.07) is 1.84. The van der Waals surface area contributed by atoms with E-state index in [1.165, 1.54) is 10.7 Å². The molecule has 0 radical (unpaired) electrons. The van der Waals surface area contributed by atoms with Crippen molar-refractivity contribution < 1.29 is 4.79 Å². The van der Waals surface area contributed by atoms with E-state index in [9.17, 15) is 4.79 Å². The molecule has 6 nitrogen and oxygen atoms in total. The molecule has 0 saturated heterocycles. The smallest absolute Gasteiger partial charge is 0.257 e. The van der Waals surface area contributed by atoms with Gasteiger partial charge in [-0.3, -0.25) is 4.79 Å². The third-order valence-corrected chi connectivity index (χ3v) is 2.06. The normalized spacial score (nSPS) is 10.0. The van der Waals surface area contributed by atoms with Gasteiger partial charge in [-0.25, -0.2) is 9.50 Å². The molecule has 0 unspecified atom stereocenters. The molecule has 16 heavy (non-hydrogen) atoms. The van der Waals surface area contributed by atoms with E-state index in [4.69, 9.17) is 5.26 Å². The molecule has 6 heteroatoms. The van der Waals surface area contributed by atoms with Crippen LogP contribution in [0, 0.1) is 18.3 Å². The average Bonchev–Trinajstić information content (AvgIpc) is 2.68. The van der Waals surface area contributed by atoms with Crippen molar-refractivity contribution in [2.24, 2.45) is 0 Å². The van der Waals surface area contributed by atoms with Gasteiger partial charge in [-0.2, -0.15) is 10.4 Å². The largest absolute Gasteiger partial charge is 0.339 e. The van der Waals surface area contributed by atoms with Gasteiger partial charge >= 0.3 is 0 Å². The molecule has 2 aromatic heterocycles. The molecule has 1 N–H and O–H groups in total. The Balaban J connectivity index is 2.39. The molecule has 1 amide bonds. The van der Waals surface area contributed by atoms with E-state index in [-0.39, 0.29) is 12.5 Å². The highest BCUT2D eigenvalue weighted by atomic mass is 16.1. The van der Waals surface area contributed by atoms with Crippen LogP contribution in [0.1, 0.15) is 15.9 Å². The fourth-order valence-corrected chi connectivity index (χ4v) is 1.34. The van der Waals surface area contributed by atoms with Crippen molar-refractivity contribution >= 4 is 11.6 Å². The van der Waals surface area contributed by atoms with Crippen LogP contribution in [0.25, 0.3) is 5.65 Å². The van der Waals surface area contributed by atoms with Crippen molar-refractivity contribution in [2.75, 3.05) is 6.54 Å². The van der Waals surface area contributed by atoms with Gasteiger partial charge in [0.25, 0.3) is 5.91 Å². The number of hydrogen-bond donors (Lipinski definition) is 1. The Morgan fingerprint density at radius 2 is 2.44 bits per heavy atom. The number of nitrogens with one attached hydrogen (secondary N) is 1. The number of hydrogen-bond acceptors (Lipinski definition) is 4. The highest BCUT2D eigenvalue weighted by molar-refractivity contribution is 5.99. The summed E-state index contributed by atoms with van der Waals surface area (Å²) in [4.78, 5) is 15.7. The van der Waals surface area contributed by atoms with Gasteiger partial charge < -0.3 is 5.32 Å². The van der Waals surface area contributed by atoms with Crippen molar-refractivity contribution in [2.45, 2.75) is 6.92 Å². The maximum Gasteiger partial charge on any atom is 0.257 e. The number of fused-ring (bicyclic) bond motifs is 1. The molecule has 0 aromatic carbocycles. The van der Waals surface area contributed by atoms with Gasteiger partial charge in [0, 0.05) is 12.4 Å². The predicted octanol–water partition coefficient (Wildman–Crippen LogP) is 0.291. The first-order chi connectivity index (χ1) is 7.72. The summed E-state index contributed by atoms with van der Waals surface area (Å²) in [5, 5.41) is 14.8. The van der Waals surface area contributed by atoms with Crippen molar-refractivity contribution in [3.05, 3.63) is 29.7 Å². The molecule has 80 valence electrons. The van der Waals surface area contributed by atoms with E-state index in [0.717, 1.165) is 5.56 Å². The lowest BCUT2D eigenvalue weighted by atomic mass is 10.3. The molecular formula is C10H9N5O. The molecule has 0 spiro atoms. The number of rotatable bonds is 2. The fraction of sp³-hybridized carbons (Fsp3) is 0.200. The lowest BCUT2D eigenvalue weighted by Gasteiger charge is -1.98. The Morgan fingerprint density at radius 1 is 1.62 bits per heavy atom. The number of carbonyl (C=O) groups excluding carboxylic acids is 1. The van der Waals surface area contributed by atoms with Crippen molar-refractivity contribution in [3.63, 3.8) is 0 Å². The van der Waals surface area contributed by atoms with Crippen LogP contribution in [-0.4, -0.2) is 27.0 Å². The quantitative estimate of drug-likeness (QED) is 0.730. The fourth-order valence-electron chi connectivity index (χ4n) is 1.34. The van der Waals surface area contributed by atoms with Gasteiger partial charge in [-0.1, -0.05) is 0 Å². The first-order valence-electron chi connectivity index (χ1n) is 4.67. The number of amides is 1. The summed E-state index contributed by atoms with van der Waals surface area (Å²) < 4.78 is 1.54. The summed E-state index contributed by atoms with van der Waals surface area (Å²) in [6.07, 6.45) is 4.88. The number of nitriles is 1. The maximum absolute atomic E-state index is 11.6. The molecule has 0 aliphatic rings. The zero-order valence-electron chi connectivity index (χ0n) is 8.64. The Labute approximate surface area is 91.5 Å². The van der Waals surface area contributed by atoms with Crippen molar-refractivity contribution in [1.82, 2.24) is 19.9 Å². The Bertz CT molecular complexity index is 580. The van der Waals surface area contributed by atoms with Crippen LogP contribution in [-0.2, 0) is 0 Å². The standard InChI is InChI=1S/C10H9N5O/c1-7-4-13-9-8(5-14-15(9)6-7)10(16)12-3-2-11/h4-6H,3H2,1H3,(H,12,16). The first kappa shape index (κ1) is 10.1. The molecule has 0 aliphatic carbocycles. The molecular weight excluding hydrogens is 206 g/mol. The minimum atomic E-state index is -0.340. The van der Waals surface area contributed by atoms with E-state index in [0.29, 0.717) is 11.2 Å². The lowest BCUT2D eigenvalue weighted by Crippen LogP contribution is -2.23. The minimum Gasteiger partial charge on any atom is -0.339 e. The maximum atomic E-state index is 11.6. The SMILES string of the molecule is Cc1cnc2c(C(=O)NCC#N)cnn2c1. The highest BCUT2D eigenvalue weighted by Crippen LogP contribution is 2.07. The zero-order valence-corrected chi connectivity index (χ0v) is 8.64. The van der Waals surface area contributed by atoms with Crippen LogP contribution in [0.4, 0.5) is 0 Å². The summed E-state index contributed by atoms with van der Waals surface area (Å²) in [5.74, 6) is -0.340. The zero-order chi connectivity index (χ0) is 11.5. The predicted molar refractivity (Wildman–Crippen MR) is 55.7 cm³/mol. The Kier molecular flexibility index (Phi) is 2.52.